The van der Waals surface area contributed by atoms with Gasteiger partial charge in [-0.3, -0.25) is 4.79 Å². The normalized spacial score (nSPS) is 19.2. The van der Waals surface area contributed by atoms with Gasteiger partial charge in [-0.25, -0.2) is 9.78 Å². The average Bonchev–Trinajstić information content (AvgIpc) is 3.12. The Balaban J connectivity index is 1.86. The molecule has 2 aliphatic rings. The number of hydrogen-bond acceptors (Lipinski definition) is 6. The van der Waals surface area contributed by atoms with Gasteiger partial charge in [-0.05, 0) is 36.1 Å². The topological polar surface area (TPSA) is 90.7 Å². The number of carbonyl (C=O) groups is 1. The fourth-order valence-corrected chi connectivity index (χ4v) is 4.94. The predicted octanol–water partition coefficient (Wildman–Crippen LogP) is 3.21. The van der Waals surface area contributed by atoms with Crippen LogP contribution in [0.4, 0.5) is 0 Å². The summed E-state index contributed by atoms with van der Waals surface area (Å²) >= 11 is 0. The van der Waals surface area contributed by atoms with Gasteiger partial charge >= 0.3 is 5.97 Å². The monoisotopic (exact) mass is 420 g/mol. The van der Waals surface area contributed by atoms with Gasteiger partial charge in [0.2, 0.25) is 0 Å². The summed E-state index contributed by atoms with van der Waals surface area (Å²) in [6.07, 6.45) is 0.119. The molecule has 2 aromatic heterocycles. The molecule has 0 spiro atoms. The summed E-state index contributed by atoms with van der Waals surface area (Å²) in [5.74, 6) is 0.204. The van der Waals surface area contributed by atoms with Crippen molar-refractivity contribution in [2.24, 2.45) is 0 Å². The lowest BCUT2D eigenvalue weighted by molar-refractivity contribution is -0.172. The number of nitrogens with zero attached hydrogens (tertiary/aromatic N) is 2. The molecule has 0 fully saturated rings. The van der Waals surface area contributed by atoms with Gasteiger partial charge in [0.25, 0.3) is 5.56 Å². The number of fused-ring (bicyclic) bond motifs is 5. The Morgan fingerprint density at radius 2 is 2.06 bits per heavy atom. The third-order valence-electron chi connectivity index (χ3n) is 6.52. The number of aliphatic hydroxyl groups is 1. The van der Waals surface area contributed by atoms with Gasteiger partial charge in [0.1, 0.15) is 12.4 Å². The van der Waals surface area contributed by atoms with Gasteiger partial charge in [-0.15, -0.1) is 0 Å². The Labute approximate surface area is 179 Å². The third kappa shape index (κ3) is 2.53. The number of methoxy groups -OCH3 is 1. The summed E-state index contributed by atoms with van der Waals surface area (Å²) in [7, 11) is 1.64. The minimum absolute atomic E-state index is 0.119. The Morgan fingerprint density at radius 1 is 1.29 bits per heavy atom. The molecule has 7 nitrogen and oxygen atoms in total. The van der Waals surface area contributed by atoms with Crippen LogP contribution >= 0.6 is 0 Å². The van der Waals surface area contributed by atoms with Gasteiger partial charge < -0.3 is 19.1 Å². The van der Waals surface area contributed by atoms with Gasteiger partial charge in [0.15, 0.2) is 5.60 Å². The molecule has 0 bridgehead atoms. The van der Waals surface area contributed by atoms with E-state index in [1.54, 1.807) is 24.7 Å². The van der Waals surface area contributed by atoms with E-state index in [4.69, 9.17) is 14.5 Å². The SMILES string of the molecule is CC[C@@]1(O)C(=O)OCc2c1cc1n(c2=O)Cc2c-1nc1cccc(OC)c1c2C(C)C. The first-order valence-electron chi connectivity index (χ1n) is 10.5. The molecule has 0 saturated heterocycles. The lowest BCUT2D eigenvalue weighted by Gasteiger charge is -2.31. The first-order chi connectivity index (χ1) is 14.8. The zero-order chi connectivity index (χ0) is 22.1. The lowest BCUT2D eigenvalue weighted by atomic mass is 9.86. The number of cyclic esters (lactones) is 1. The number of rotatable bonds is 3. The minimum atomic E-state index is -1.83. The summed E-state index contributed by atoms with van der Waals surface area (Å²) < 4.78 is 12.4. The van der Waals surface area contributed by atoms with E-state index in [0.29, 0.717) is 29.1 Å². The lowest BCUT2D eigenvalue weighted by Crippen LogP contribution is -2.44. The van der Waals surface area contributed by atoms with Gasteiger partial charge in [0, 0.05) is 16.5 Å². The molecule has 0 radical (unpaired) electrons. The molecule has 0 unspecified atom stereocenters. The second kappa shape index (κ2) is 6.65. The van der Waals surface area contributed by atoms with Crippen molar-refractivity contribution in [3.63, 3.8) is 0 Å². The highest BCUT2D eigenvalue weighted by atomic mass is 16.6. The number of benzene rings is 1. The summed E-state index contributed by atoms with van der Waals surface area (Å²) in [5.41, 5.74) is 2.75. The average molecular weight is 420 g/mol. The van der Waals surface area contributed by atoms with Crippen LogP contribution in [0.15, 0.2) is 29.1 Å². The second-order valence-electron chi connectivity index (χ2n) is 8.46. The van der Waals surface area contributed by atoms with Crippen molar-refractivity contribution >= 4 is 16.9 Å². The van der Waals surface area contributed by atoms with Gasteiger partial charge in [-0.2, -0.15) is 0 Å². The van der Waals surface area contributed by atoms with Crippen molar-refractivity contribution in [1.82, 2.24) is 9.55 Å². The molecule has 160 valence electrons. The maximum Gasteiger partial charge on any atom is 0.343 e. The number of aromatic nitrogens is 2. The van der Waals surface area contributed by atoms with Gasteiger partial charge in [-0.1, -0.05) is 26.8 Å². The molecule has 3 aromatic rings. The summed E-state index contributed by atoms with van der Waals surface area (Å²) in [6.45, 7) is 6.17. The summed E-state index contributed by atoms with van der Waals surface area (Å²) in [4.78, 5) is 30.6. The van der Waals surface area contributed by atoms with Crippen LogP contribution in [0.3, 0.4) is 0 Å². The van der Waals surface area contributed by atoms with Crippen LogP contribution in [-0.4, -0.2) is 27.7 Å². The maximum absolute atomic E-state index is 13.4. The molecule has 0 amide bonds. The van der Waals surface area contributed by atoms with Crippen LogP contribution in [0.1, 0.15) is 55.4 Å². The molecule has 31 heavy (non-hydrogen) atoms. The van der Waals surface area contributed by atoms with Crippen molar-refractivity contribution in [3.05, 3.63) is 56.9 Å². The van der Waals surface area contributed by atoms with Crippen molar-refractivity contribution < 1.29 is 19.4 Å². The largest absolute Gasteiger partial charge is 0.496 e. The van der Waals surface area contributed by atoms with E-state index >= 15 is 0 Å². The van der Waals surface area contributed by atoms with E-state index in [-0.39, 0.29) is 24.5 Å². The molecular formula is C24H24N2O5. The van der Waals surface area contributed by atoms with Crippen LogP contribution in [0.2, 0.25) is 0 Å². The summed E-state index contributed by atoms with van der Waals surface area (Å²) in [5, 5.41) is 12.0. The Bertz CT molecular complexity index is 1320. The van der Waals surface area contributed by atoms with Crippen LogP contribution in [0.5, 0.6) is 5.75 Å². The van der Waals surface area contributed by atoms with E-state index in [1.807, 2.05) is 18.2 Å². The van der Waals surface area contributed by atoms with E-state index in [9.17, 15) is 14.7 Å². The Kier molecular flexibility index (Phi) is 4.24. The third-order valence-corrected chi connectivity index (χ3v) is 6.52. The zero-order valence-electron chi connectivity index (χ0n) is 18.0. The standard InChI is InChI=1S/C24H24N2O5/c1-5-24(29)15-9-17-21-13(10-26(17)22(27)14(15)11-31-23(24)28)19(12(2)3)20-16(25-21)7-6-8-18(20)30-4/h6-9,12,29H,5,10-11H2,1-4H3/t24-/m0/s1. The highest BCUT2D eigenvalue weighted by molar-refractivity contribution is 5.93. The highest BCUT2D eigenvalue weighted by Gasteiger charge is 2.45. The molecule has 5 rings (SSSR count). The van der Waals surface area contributed by atoms with Crippen molar-refractivity contribution in [2.45, 2.75) is 51.9 Å². The molecule has 0 aliphatic carbocycles. The maximum atomic E-state index is 13.4. The van der Waals surface area contributed by atoms with Crippen LogP contribution in [-0.2, 0) is 28.3 Å². The molecule has 0 saturated carbocycles. The van der Waals surface area contributed by atoms with E-state index in [2.05, 4.69) is 13.8 Å². The van der Waals surface area contributed by atoms with Crippen molar-refractivity contribution in [3.8, 4) is 17.1 Å². The fourth-order valence-electron chi connectivity index (χ4n) is 4.94. The van der Waals surface area contributed by atoms with Gasteiger partial charge in [0.05, 0.1) is 36.1 Å². The molecule has 1 aromatic carbocycles. The molecule has 1 atom stereocenters. The van der Waals surface area contributed by atoms with Crippen molar-refractivity contribution in [2.75, 3.05) is 7.11 Å². The van der Waals surface area contributed by atoms with Crippen LogP contribution in [0.25, 0.3) is 22.3 Å². The number of hydrogen-bond donors (Lipinski definition) is 1. The number of esters is 1. The quantitative estimate of drug-likeness (QED) is 0.512. The molecule has 7 heteroatoms. The van der Waals surface area contributed by atoms with E-state index < -0.39 is 11.6 Å². The second-order valence-corrected chi connectivity index (χ2v) is 8.46. The Hall–Kier alpha value is -3.19. The molecule has 1 N–H and O–H groups in total. The highest BCUT2D eigenvalue weighted by Crippen LogP contribution is 2.43. The number of pyridine rings is 2. The summed E-state index contributed by atoms with van der Waals surface area (Å²) in [6, 6.07) is 7.49. The molecule has 4 heterocycles. The molecule has 2 aliphatic heterocycles. The predicted molar refractivity (Wildman–Crippen MR) is 115 cm³/mol. The van der Waals surface area contributed by atoms with E-state index in [1.165, 1.54) is 0 Å². The van der Waals surface area contributed by atoms with E-state index in [0.717, 1.165) is 27.8 Å². The zero-order valence-corrected chi connectivity index (χ0v) is 18.0. The molecular weight excluding hydrogens is 396 g/mol. The Morgan fingerprint density at radius 3 is 2.74 bits per heavy atom. The number of carbonyl (C=O) groups excluding carboxylic acids is 1. The van der Waals surface area contributed by atoms with Crippen molar-refractivity contribution in [1.29, 1.82) is 0 Å². The van der Waals surface area contributed by atoms with Crippen LogP contribution < -0.4 is 10.3 Å². The number of ether oxygens (including phenoxy) is 2. The smallest absolute Gasteiger partial charge is 0.343 e. The van der Waals surface area contributed by atoms with Crippen LogP contribution in [0, 0.1) is 0 Å². The minimum Gasteiger partial charge on any atom is -0.496 e. The first-order valence-corrected chi connectivity index (χ1v) is 10.5. The fraction of sp³-hybridized carbons (Fsp3) is 0.375. The first kappa shape index (κ1) is 19.8.